The number of phenols is 1. The predicted molar refractivity (Wildman–Crippen MR) is 97.4 cm³/mol. The van der Waals surface area contributed by atoms with E-state index >= 15 is 0 Å². The van der Waals surface area contributed by atoms with Gasteiger partial charge in [0, 0.05) is 18.5 Å². The number of piperidine rings is 3. The third-order valence-corrected chi connectivity index (χ3v) is 6.78. The molecular formula is C20H25N3O4. The summed E-state index contributed by atoms with van der Waals surface area (Å²) in [7, 11) is 0. The molecule has 7 nitrogen and oxygen atoms in total. The van der Waals surface area contributed by atoms with E-state index < -0.39 is 6.09 Å². The molecule has 0 aromatic heterocycles. The van der Waals surface area contributed by atoms with Crippen molar-refractivity contribution in [3.05, 3.63) is 29.8 Å². The van der Waals surface area contributed by atoms with Gasteiger partial charge in [-0.3, -0.25) is 14.6 Å². The number of aromatic hydroxyl groups is 1. The molecule has 7 heteroatoms. The van der Waals surface area contributed by atoms with Crippen molar-refractivity contribution in [3.8, 4) is 5.75 Å². The number of nitrogens with zero attached hydrogens (tertiary/aromatic N) is 3. The molecule has 0 unspecified atom stereocenters. The molecule has 0 radical (unpaired) electrons. The van der Waals surface area contributed by atoms with Crippen molar-refractivity contribution in [2.24, 2.45) is 5.92 Å². The molecule has 1 aromatic carbocycles. The Morgan fingerprint density at radius 1 is 1.19 bits per heavy atom. The minimum absolute atomic E-state index is 0.0141. The van der Waals surface area contributed by atoms with Gasteiger partial charge in [-0.1, -0.05) is 12.1 Å². The third-order valence-electron chi connectivity index (χ3n) is 6.78. The molecule has 0 aliphatic carbocycles. The summed E-state index contributed by atoms with van der Waals surface area (Å²) in [6.45, 7) is 3.76. The Hall–Kier alpha value is -2.28. The van der Waals surface area contributed by atoms with Gasteiger partial charge in [-0.05, 0) is 49.5 Å². The zero-order valence-electron chi connectivity index (χ0n) is 15.3. The van der Waals surface area contributed by atoms with Gasteiger partial charge >= 0.3 is 6.09 Å². The molecule has 27 heavy (non-hydrogen) atoms. The van der Waals surface area contributed by atoms with Crippen molar-refractivity contribution in [1.29, 1.82) is 0 Å². The highest BCUT2D eigenvalue weighted by molar-refractivity contribution is 5.83. The monoisotopic (exact) mass is 371 g/mol. The van der Waals surface area contributed by atoms with E-state index in [2.05, 4.69) is 11.0 Å². The van der Waals surface area contributed by atoms with Crippen LogP contribution in [-0.4, -0.2) is 83.2 Å². The van der Waals surface area contributed by atoms with Crippen molar-refractivity contribution < 1.29 is 19.4 Å². The highest BCUT2D eigenvalue weighted by Crippen LogP contribution is 2.46. The Morgan fingerprint density at radius 3 is 2.70 bits per heavy atom. The van der Waals surface area contributed by atoms with Crippen LogP contribution in [0.5, 0.6) is 5.75 Å². The summed E-state index contributed by atoms with van der Waals surface area (Å²) in [4.78, 5) is 30.9. The summed E-state index contributed by atoms with van der Waals surface area (Å²) < 4.78 is 4.97. The number of cyclic esters (lactones) is 1. The molecule has 5 heterocycles. The first kappa shape index (κ1) is 16.9. The summed E-state index contributed by atoms with van der Waals surface area (Å²) in [5.74, 6) is 1.00. The fourth-order valence-corrected chi connectivity index (χ4v) is 5.58. The van der Waals surface area contributed by atoms with Crippen molar-refractivity contribution in [2.45, 2.75) is 30.8 Å². The lowest BCUT2D eigenvalue weighted by atomic mass is 9.75. The number of likely N-dealkylation sites (tertiary alicyclic amines) is 1. The van der Waals surface area contributed by atoms with E-state index in [0.717, 1.165) is 31.5 Å². The largest absolute Gasteiger partial charge is 0.508 e. The summed E-state index contributed by atoms with van der Waals surface area (Å²) in [6.07, 6.45) is 1.87. The number of hydrogen-bond acceptors (Lipinski definition) is 5. The van der Waals surface area contributed by atoms with Crippen LogP contribution < -0.4 is 0 Å². The molecule has 3 atom stereocenters. The number of amides is 2. The maximum Gasteiger partial charge on any atom is 0.410 e. The Labute approximate surface area is 158 Å². The van der Waals surface area contributed by atoms with Gasteiger partial charge in [0.15, 0.2) is 0 Å². The zero-order valence-corrected chi connectivity index (χ0v) is 15.3. The van der Waals surface area contributed by atoms with Crippen molar-refractivity contribution in [1.82, 2.24) is 14.7 Å². The number of ether oxygens (including phenoxy) is 1. The van der Waals surface area contributed by atoms with Gasteiger partial charge in [0.05, 0.1) is 12.6 Å². The van der Waals surface area contributed by atoms with E-state index in [-0.39, 0.29) is 30.2 Å². The molecule has 0 spiro atoms. The second kappa shape index (κ2) is 6.41. The van der Waals surface area contributed by atoms with Gasteiger partial charge in [-0.15, -0.1) is 0 Å². The number of carbonyl (C=O) groups excluding carboxylic acids is 2. The van der Waals surface area contributed by atoms with Crippen LogP contribution in [0.15, 0.2) is 24.3 Å². The number of phenolic OH excluding ortho intramolecular Hbond substituents is 1. The minimum atomic E-state index is -0.391. The van der Waals surface area contributed by atoms with E-state index in [9.17, 15) is 14.7 Å². The number of benzene rings is 1. The topological polar surface area (TPSA) is 73.3 Å². The molecule has 5 aliphatic rings. The van der Waals surface area contributed by atoms with Gasteiger partial charge in [0.1, 0.15) is 18.9 Å². The summed E-state index contributed by atoms with van der Waals surface area (Å²) >= 11 is 0. The molecular weight excluding hydrogens is 346 g/mol. The van der Waals surface area contributed by atoms with E-state index in [1.807, 2.05) is 17.0 Å². The average Bonchev–Trinajstić information content (AvgIpc) is 3.28. The Morgan fingerprint density at radius 2 is 2.00 bits per heavy atom. The molecule has 144 valence electrons. The Balaban J connectivity index is 1.43. The van der Waals surface area contributed by atoms with Crippen molar-refractivity contribution in [3.63, 3.8) is 0 Å². The summed E-state index contributed by atoms with van der Waals surface area (Å²) in [6, 6.07) is 7.94. The van der Waals surface area contributed by atoms with Crippen LogP contribution in [0.25, 0.3) is 0 Å². The molecule has 1 N–H and O–H groups in total. The van der Waals surface area contributed by atoms with E-state index in [0.29, 0.717) is 31.7 Å². The predicted octanol–water partition coefficient (Wildman–Crippen LogP) is 1.23. The average molecular weight is 371 g/mol. The molecule has 5 saturated heterocycles. The lowest BCUT2D eigenvalue weighted by molar-refractivity contribution is -0.136. The second-order valence-electron chi connectivity index (χ2n) is 8.14. The summed E-state index contributed by atoms with van der Waals surface area (Å²) in [5.41, 5.74) is 1.09. The minimum Gasteiger partial charge on any atom is -0.508 e. The highest BCUT2D eigenvalue weighted by Gasteiger charge is 2.54. The van der Waals surface area contributed by atoms with E-state index in [1.54, 1.807) is 6.07 Å². The summed E-state index contributed by atoms with van der Waals surface area (Å²) in [5, 5.41) is 9.94. The maximum absolute atomic E-state index is 13.1. The lowest BCUT2D eigenvalue weighted by Crippen LogP contribution is -2.61. The van der Waals surface area contributed by atoms with Gasteiger partial charge in [0.2, 0.25) is 5.91 Å². The van der Waals surface area contributed by atoms with Crippen LogP contribution in [0, 0.1) is 5.92 Å². The Kier molecular flexibility index (Phi) is 4.00. The third kappa shape index (κ3) is 2.76. The molecule has 6 rings (SSSR count). The number of hydrogen-bond donors (Lipinski definition) is 1. The first-order chi connectivity index (χ1) is 13.1. The highest BCUT2D eigenvalue weighted by atomic mass is 16.6. The standard InChI is InChI=1S/C20H25N3O4/c24-15-3-1-2-14(10-15)16-11-23(17(25)12-22-8-9-27-20(22)26)18-13-4-6-21(7-5-13)19(16)18/h1-3,10,13,16,18-19,24H,4-9,11-12H2/t16-,18+,19+/m0/s1. The maximum atomic E-state index is 13.1. The lowest BCUT2D eigenvalue weighted by Gasteiger charge is -2.51. The molecule has 1 aromatic rings. The first-order valence-corrected chi connectivity index (χ1v) is 9.86. The quantitative estimate of drug-likeness (QED) is 0.865. The van der Waals surface area contributed by atoms with Crippen molar-refractivity contribution in [2.75, 3.05) is 39.3 Å². The molecule has 0 saturated carbocycles. The zero-order chi connectivity index (χ0) is 18.5. The second-order valence-corrected chi connectivity index (χ2v) is 8.14. The smallest absolute Gasteiger partial charge is 0.410 e. The van der Waals surface area contributed by atoms with Gasteiger partial charge in [-0.2, -0.15) is 0 Å². The van der Waals surface area contributed by atoms with Crippen LogP contribution in [-0.2, 0) is 9.53 Å². The fourth-order valence-electron chi connectivity index (χ4n) is 5.58. The van der Waals surface area contributed by atoms with Crippen LogP contribution in [0.2, 0.25) is 0 Å². The van der Waals surface area contributed by atoms with Crippen LogP contribution in [0.1, 0.15) is 24.3 Å². The van der Waals surface area contributed by atoms with E-state index in [1.165, 1.54) is 4.90 Å². The van der Waals surface area contributed by atoms with Gasteiger partial charge in [-0.25, -0.2) is 4.79 Å². The number of carbonyl (C=O) groups is 2. The van der Waals surface area contributed by atoms with Gasteiger partial charge in [0.25, 0.3) is 0 Å². The molecule has 2 bridgehead atoms. The SMILES string of the molecule is O=C1OCCN1CC(=O)N1C[C@@H](c2cccc(O)c2)[C@@H]2[C@H]1C1CCN2CC1. The number of rotatable bonds is 3. The van der Waals surface area contributed by atoms with Crippen LogP contribution >= 0.6 is 0 Å². The number of fused-ring (bicyclic) bond motifs is 2. The van der Waals surface area contributed by atoms with Crippen molar-refractivity contribution >= 4 is 12.0 Å². The fraction of sp³-hybridized carbons (Fsp3) is 0.600. The molecule has 2 amide bonds. The van der Waals surface area contributed by atoms with Crippen LogP contribution in [0.4, 0.5) is 4.79 Å². The molecule has 5 aliphatic heterocycles. The van der Waals surface area contributed by atoms with Crippen LogP contribution in [0.3, 0.4) is 0 Å². The molecule has 5 fully saturated rings. The van der Waals surface area contributed by atoms with Gasteiger partial charge < -0.3 is 14.7 Å². The normalized spacial score (nSPS) is 34.7. The van der Waals surface area contributed by atoms with E-state index in [4.69, 9.17) is 4.74 Å². The first-order valence-electron chi connectivity index (χ1n) is 9.86. The Bertz CT molecular complexity index is 761.